The van der Waals surface area contributed by atoms with Crippen molar-refractivity contribution in [2.45, 2.75) is 5.50 Å². The summed E-state index contributed by atoms with van der Waals surface area (Å²) in [5, 5.41) is 8.48. The van der Waals surface area contributed by atoms with Crippen molar-refractivity contribution in [2.24, 2.45) is 5.73 Å². The minimum absolute atomic E-state index is 0.244. The molecule has 1 atom stereocenters. The zero-order chi connectivity index (χ0) is 7.72. The molecule has 10 heavy (non-hydrogen) atoms. The quantitative estimate of drug-likeness (QED) is 0.557. The third kappa shape index (κ3) is 1.25. The van der Waals surface area contributed by atoms with Gasteiger partial charge in [-0.15, -0.1) is 0 Å². The molecule has 5 heteroatoms. The average molecular weight is 160 g/mol. The first-order valence-corrected chi connectivity index (χ1v) is 3.58. The zero-order valence-corrected chi connectivity index (χ0v) is 6.26. The lowest BCUT2D eigenvalue weighted by molar-refractivity contribution is -0.131. The van der Waals surface area contributed by atoms with Crippen molar-refractivity contribution in [1.82, 2.24) is 4.90 Å². The summed E-state index contributed by atoms with van der Waals surface area (Å²) in [6, 6.07) is 0. The highest BCUT2D eigenvalue weighted by Gasteiger charge is 2.22. The van der Waals surface area contributed by atoms with Crippen LogP contribution in [0.4, 0.5) is 0 Å². The van der Waals surface area contributed by atoms with Crippen molar-refractivity contribution >= 4 is 17.7 Å². The molecule has 0 radical (unpaired) electrons. The van der Waals surface area contributed by atoms with E-state index in [1.165, 1.54) is 6.20 Å². The predicted molar refractivity (Wildman–Crippen MR) is 39.0 cm³/mol. The summed E-state index contributed by atoms with van der Waals surface area (Å²) < 4.78 is 0. The highest BCUT2D eigenvalue weighted by atomic mass is 32.2. The SMILES string of the molecule is CN1C=C(C(=O)O)SC1N. The summed E-state index contributed by atoms with van der Waals surface area (Å²) in [7, 11) is 1.74. The Balaban J connectivity index is 2.67. The molecule has 0 saturated carbocycles. The zero-order valence-electron chi connectivity index (χ0n) is 5.44. The Hall–Kier alpha value is -0.680. The lowest BCUT2D eigenvalue weighted by Gasteiger charge is -2.12. The lowest BCUT2D eigenvalue weighted by Crippen LogP contribution is -2.28. The second kappa shape index (κ2) is 2.51. The van der Waals surface area contributed by atoms with Gasteiger partial charge >= 0.3 is 5.97 Å². The van der Waals surface area contributed by atoms with Crippen LogP contribution in [0.25, 0.3) is 0 Å². The topological polar surface area (TPSA) is 66.6 Å². The summed E-state index contributed by atoms with van der Waals surface area (Å²) in [4.78, 5) is 12.3. The largest absolute Gasteiger partial charge is 0.477 e. The van der Waals surface area contributed by atoms with Crippen LogP contribution >= 0.6 is 11.8 Å². The average Bonchev–Trinajstić information content (AvgIpc) is 2.13. The standard InChI is InChI=1S/C5H8N2O2S/c1-7-2-3(4(8)9)10-5(7)6/h2,5H,6H2,1H3,(H,8,9). The first-order chi connectivity index (χ1) is 4.61. The molecule has 1 aliphatic heterocycles. The number of aliphatic carboxylic acids is 1. The molecule has 0 bridgehead atoms. The fourth-order valence-corrected chi connectivity index (χ4v) is 1.42. The molecule has 0 aromatic rings. The molecule has 0 fully saturated rings. The molecule has 56 valence electrons. The van der Waals surface area contributed by atoms with Gasteiger partial charge in [0.2, 0.25) is 0 Å². The third-order valence-electron chi connectivity index (χ3n) is 1.18. The van der Waals surface area contributed by atoms with Crippen LogP contribution in [-0.4, -0.2) is 28.5 Å². The first kappa shape index (κ1) is 7.43. The molecule has 0 amide bonds. The van der Waals surface area contributed by atoms with E-state index in [-0.39, 0.29) is 5.50 Å². The highest BCUT2D eigenvalue weighted by molar-refractivity contribution is 8.04. The Labute approximate surface area is 62.7 Å². The predicted octanol–water partition coefficient (Wildman–Crippen LogP) is -0.167. The number of nitrogens with zero attached hydrogens (tertiary/aromatic N) is 1. The van der Waals surface area contributed by atoms with E-state index in [2.05, 4.69) is 0 Å². The van der Waals surface area contributed by atoms with Gasteiger partial charge in [0.05, 0.1) is 0 Å². The number of thioether (sulfide) groups is 1. The van der Waals surface area contributed by atoms with E-state index in [0.717, 1.165) is 11.8 Å². The van der Waals surface area contributed by atoms with Crippen molar-refractivity contribution < 1.29 is 9.90 Å². The minimum Gasteiger partial charge on any atom is -0.477 e. The maximum absolute atomic E-state index is 10.3. The fraction of sp³-hybridized carbons (Fsp3) is 0.400. The molecule has 0 aromatic carbocycles. The summed E-state index contributed by atoms with van der Waals surface area (Å²) in [5.41, 5.74) is 5.24. The third-order valence-corrected chi connectivity index (χ3v) is 2.29. The molecule has 3 N–H and O–H groups in total. The minimum atomic E-state index is -0.912. The Kier molecular flexibility index (Phi) is 1.87. The van der Waals surface area contributed by atoms with Crippen molar-refractivity contribution in [3.8, 4) is 0 Å². The van der Waals surface area contributed by atoms with Crippen molar-refractivity contribution in [3.63, 3.8) is 0 Å². The van der Waals surface area contributed by atoms with Crippen LogP contribution in [0.1, 0.15) is 0 Å². The fourth-order valence-electron chi connectivity index (χ4n) is 0.608. The smallest absolute Gasteiger partial charge is 0.343 e. The van der Waals surface area contributed by atoms with Crippen molar-refractivity contribution in [3.05, 3.63) is 11.1 Å². The van der Waals surface area contributed by atoms with Crippen LogP contribution in [0.15, 0.2) is 11.1 Å². The number of nitrogens with two attached hydrogens (primary N) is 1. The van der Waals surface area contributed by atoms with Gasteiger partial charge < -0.3 is 15.7 Å². The number of carboxylic acid groups (broad SMARTS) is 1. The van der Waals surface area contributed by atoms with Gasteiger partial charge in [0.25, 0.3) is 0 Å². The molecular weight excluding hydrogens is 152 g/mol. The van der Waals surface area contributed by atoms with E-state index in [9.17, 15) is 4.79 Å². The maximum Gasteiger partial charge on any atom is 0.343 e. The molecule has 1 rings (SSSR count). The Morgan fingerprint density at radius 2 is 2.60 bits per heavy atom. The molecular formula is C5H8N2O2S. The number of rotatable bonds is 1. The molecule has 0 spiro atoms. The van der Waals surface area contributed by atoms with E-state index in [1.54, 1.807) is 11.9 Å². The van der Waals surface area contributed by atoms with Gasteiger partial charge in [-0.1, -0.05) is 11.8 Å². The molecule has 1 unspecified atom stereocenters. The number of hydrogen-bond acceptors (Lipinski definition) is 4. The summed E-state index contributed by atoms with van der Waals surface area (Å²) in [6.45, 7) is 0. The Morgan fingerprint density at radius 3 is 2.80 bits per heavy atom. The van der Waals surface area contributed by atoms with E-state index in [4.69, 9.17) is 10.8 Å². The van der Waals surface area contributed by atoms with Gasteiger partial charge in [-0.2, -0.15) is 0 Å². The summed E-state index contributed by atoms with van der Waals surface area (Å²) >= 11 is 1.15. The molecule has 0 aliphatic carbocycles. The van der Waals surface area contributed by atoms with Crippen LogP contribution in [0, 0.1) is 0 Å². The number of hydrogen-bond donors (Lipinski definition) is 2. The first-order valence-electron chi connectivity index (χ1n) is 2.70. The summed E-state index contributed by atoms with van der Waals surface area (Å²) in [6.07, 6.45) is 1.53. The number of carbonyl (C=O) groups is 1. The van der Waals surface area contributed by atoms with E-state index in [0.29, 0.717) is 4.91 Å². The van der Waals surface area contributed by atoms with Crippen molar-refractivity contribution in [1.29, 1.82) is 0 Å². The molecule has 1 heterocycles. The van der Waals surface area contributed by atoms with Gasteiger partial charge in [0, 0.05) is 13.2 Å². The van der Waals surface area contributed by atoms with Gasteiger partial charge in [-0.3, -0.25) is 0 Å². The Bertz CT molecular complexity index is 192. The van der Waals surface area contributed by atoms with E-state index >= 15 is 0 Å². The van der Waals surface area contributed by atoms with Crippen molar-refractivity contribution in [2.75, 3.05) is 7.05 Å². The van der Waals surface area contributed by atoms with Crippen LogP contribution in [0.5, 0.6) is 0 Å². The van der Waals surface area contributed by atoms with Crippen LogP contribution < -0.4 is 5.73 Å². The highest BCUT2D eigenvalue weighted by Crippen LogP contribution is 2.27. The molecule has 0 aromatic heterocycles. The molecule has 1 aliphatic rings. The lowest BCUT2D eigenvalue weighted by atomic mass is 10.6. The van der Waals surface area contributed by atoms with E-state index < -0.39 is 5.97 Å². The van der Waals surface area contributed by atoms with Crippen LogP contribution in [0.2, 0.25) is 0 Å². The molecule has 4 nitrogen and oxygen atoms in total. The maximum atomic E-state index is 10.3. The monoisotopic (exact) mass is 160 g/mol. The van der Waals surface area contributed by atoms with Crippen LogP contribution in [-0.2, 0) is 4.79 Å². The van der Waals surface area contributed by atoms with Gasteiger partial charge in [0.1, 0.15) is 10.4 Å². The van der Waals surface area contributed by atoms with Gasteiger partial charge in [-0.25, -0.2) is 4.79 Å². The second-order valence-corrected chi connectivity index (χ2v) is 3.13. The Morgan fingerprint density at radius 1 is 2.00 bits per heavy atom. The normalized spacial score (nSPS) is 24.8. The molecule has 0 saturated heterocycles. The number of carboxylic acids is 1. The van der Waals surface area contributed by atoms with Gasteiger partial charge in [0.15, 0.2) is 0 Å². The van der Waals surface area contributed by atoms with Gasteiger partial charge in [-0.05, 0) is 0 Å². The summed E-state index contributed by atoms with van der Waals surface area (Å²) in [5.74, 6) is -0.912. The van der Waals surface area contributed by atoms with Crippen LogP contribution in [0.3, 0.4) is 0 Å². The second-order valence-electron chi connectivity index (χ2n) is 1.97. The van der Waals surface area contributed by atoms with E-state index in [1.807, 2.05) is 0 Å².